The molecule has 1 aromatic carbocycles. The number of rotatable bonds is 3. The molecule has 0 unspecified atom stereocenters. The summed E-state index contributed by atoms with van der Waals surface area (Å²) in [5.41, 5.74) is 1.79. The average Bonchev–Trinajstić information content (AvgIpc) is 3.12. The van der Waals surface area contributed by atoms with E-state index in [-0.39, 0.29) is 5.91 Å². The third-order valence-electron chi connectivity index (χ3n) is 2.90. The molecule has 1 fully saturated rings. The second-order valence-corrected chi connectivity index (χ2v) is 4.91. The number of nitrogens with zero attached hydrogens (tertiary/aromatic N) is 1. The first kappa shape index (κ1) is 12.8. The van der Waals surface area contributed by atoms with Gasteiger partial charge in [-0.1, -0.05) is 0 Å². The van der Waals surface area contributed by atoms with E-state index in [2.05, 4.69) is 10.6 Å². The molecule has 1 saturated carbocycles. The van der Waals surface area contributed by atoms with Crippen LogP contribution in [0.15, 0.2) is 24.3 Å². The maximum absolute atomic E-state index is 11.2. The van der Waals surface area contributed by atoms with Crippen molar-refractivity contribution in [3.63, 3.8) is 0 Å². The summed E-state index contributed by atoms with van der Waals surface area (Å²) < 4.78 is 0. The van der Waals surface area contributed by atoms with Crippen molar-refractivity contribution in [2.45, 2.75) is 25.8 Å². The molecule has 1 aliphatic carbocycles. The molecule has 0 atom stereocenters. The van der Waals surface area contributed by atoms with E-state index >= 15 is 0 Å². The Morgan fingerprint density at radius 2 is 1.94 bits per heavy atom. The minimum atomic E-state index is 0.0154. The highest BCUT2D eigenvalue weighted by molar-refractivity contribution is 7.80. The first-order valence-electron chi connectivity index (χ1n) is 5.98. The third kappa shape index (κ3) is 3.43. The van der Waals surface area contributed by atoms with Gasteiger partial charge >= 0.3 is 0 Å². The number of carbonyl (C=O) groups excluding carboxylic acids is 1. The number of nitrogens with one attached hydrogen (secondary N) is 2. The van der Waals surface area contributed by atoms with Crippen molar-refractivity contribution in [2.75, 3.05) is 17.3 Å². The van der Waals surface area contributed by atoms with E-state index < -0.39 is 0 Å². The monoisotopic (exact) mass is 263 g/mol. The maximum Gasteiger partial charge on any atom is 0.223 e. The van der Waals surface area contributed by atoms with Gasteiger partial charge in [-0.15, -0.1) is 0 Å². The zero-order chi connectivity index (χ0) is 13.1. The van der Waals surface area contributed by atoms with Crippen LogP contribution < -0.4 is 15.5 Å². The molecule has 0 aromatic heterocycles. The highest BCUT2D eigenvalue weighted by atomic mass is 32.1. The predicted molar refractivity (Wildman–Crippen MR) is 77.9 cm³/mol. The van der Waals surface area contributed by atoms with Gasteiger partial charge < -0.3 is 15.5 Å². The van der Waals surface area contributed by atoms with Crippen LogP contribution in [-0.4, -0.2) is 24.1 Å². The molecule has 0 aliphatic heterocycles. The van der Waals surface area contributed by atoms with Crippen molar-refractivity contribution in [3.8, 4) is 0 Å². The Balaban J connectivity index is 1.94. The lowest BCUT2D eigenvalue weighted by Gasteiger charge is -2.16. The van der Waals surface area contributed by atoms with Crippen molar-refractivity contribution >= 4 is 34.6 Å². The molecule has 0 saturated heterocycles. The molecule has 0 radical (unpaired) electrons. The van der Waals surface area contributed by atoms with Crippen LogP contribution in [0.1, 0.15) is 19.8 Å². The highest BCUT2D eigenvalue weighted by Crippen LogP contribution is 2.20. The SMILES string of the molecule is CC(=O)N(C)c1ccc(NC(=S)NC2CC2)cc1. The molecule has 4 nitrogen and oxygen atoms in total. The van der Waals surface area contributed by atoms with Crippen LogP contribution in [0.5, 0.6) is 0 Å². The summed E-state index contributed by atoms with van der Waals surface area (Å²) in [5.74, 6) is 0.0154. The highest BCUT2D eigenvalue weighted by Gasteiger charge is 2.21. The van der Waals surface area contributed by atoms with E-state index in [0.29, 0.717) is 11.2 Å². The summed E-state index contributed by atoms with van der Waals surface area (Å²) >= 11 is 5.19. The Morgan fingerprint density at radius 3 is 2.44 bits per heavy atom. The number of anilines is 2. The topological polar surface area (TPSA) is 44.4 Å². The third-order valence-corrected chi connectivity index (χ3v) is 3.12. The molecule has 2 rings (SSSR count). The van der Waals surface area contributed by atoms with Gasteiger partial charge in [-0.2, -0.15) is 0 Å². The van der Waals surface area contributed by atoms with E-state index in [1.165, 1.54) is 12.8 Å². The molecule has 1 aromatic rings. The van der Waals surface area contributed by atoms with Crippen LogP contribution >= 0.6 is 12.2 Å². The smallest absolute Gasteiger partial charge is 0.223 e. The summed E-state index contributed by atoms with van der Waals surface area (Å²) in [6.07, 6.45) is 2.40. The molecule has 2 N–H and O–H groups in total. The minimum absolute atomic E-state index is 0.0154. The number of thiocarbonyl (C=S) groups is 1. The lowest BCUT2D eigenvalue weighted by Crippen LogP contribution is -2.30. The van der Waals surface area contributed by atoms with Crippen molar-refractivity contribution in [2.24, 2.45) is 0 Å². The number of hydrogen-bond donors (Lipinski definition) is 2. The van der Waals surface area contributed by atoms with Gasteiger partial charge in [-0.3, -0.25) is 4.79 Å². The van der Waals surface area contributed by atoms with Crippen LogP contribution in [0.4, 0.5) is 11.4 Å². The van der Waals surface area contributed by atoms with Crippen molar-refractivity contribution in [3.05, 3.63) is 24.3 Å². The summed E-state index contributed by atoms with van der Waals surface area (Å²) in [6.45, 7) is 1.54. The second kappa shape index (κ2) is 5.35. The van der Waals surface area contributed by atoms with Crippen LogP contribution in [-0.2, 0) is 4.79 Å². The second-order valence-electron chi connectivity index (χ2n) is 4.50. The van der Waals surface area contributed by atoms with Crippen molar-refractivity contribution in [1.82, 2.24) is 5.32 Å². The number of carbonyl (C=O) groups is 1. The molecular formula is C13H17N3OS. The van der Waals surface area contributed by atoms with Crippen LogP contribution in [0.25, 0.3) is 0 Å². The molecule has 0 spiro atoms. The zero-order valence-corrected chi connectivity index (χ0v) is 11.4. The van der Waals surface area contributed by atoms with E-state index in [9.17, 15) is 4.79 Å². The van der Waals surface area contributed by atoms with Crippen LogP contribution in [0.2, 0.25) is 0 Å². The Bertz CT molecular complexity index is 454. The van der Waals surface area contributed by atoms with Gasteiger partial charge in [0.25, 0.3) is 0 Å². The molecule has 5 heteroatoms. The number of benzene rings is 1. The molecule has 1 amide bonds. The number of hydrogen-bond acceptors (Lipinski definition) is 2. The molecule has 0 bridgehead atoms. The fraction of sp³-hybridized carbons (Fsp3) is 0.385. The predicted octanol–water partition coefficient (Wildman–Crippen LogP) is 2.12. The van der Waals surface area contributed by atoms with Gasteiger partial charge in [-0.05, 0) is 49.3 Å². The summed E-state index contributed by atoms with van der Waals surface area (Å²) in [4.78, 5) is 12.8. The number of amides is 1. The fourth-order valence-corrected chi connectivity index (χ4v) is 1.81. The first-order chi connectivity index (χ1) is 8.56. The summed E-state index contributed by atoms with van der Waals surface area (Å²) in [5, 5.41) is 7.00. The van der Waals surface area contributed by atoms with E-state index in [4.69, 9.17) is 12.2 Å². The van der Waals surface area contributed by atoms with Crippen molar-refractivity contribution < 1.29 is 4.79 Å². The first-order valence-corrected chi connectivity index (χ1v) is 6.39. The van der Waals surface area contributed by atoms with Gasteiger partial charge in [0.2, 0.25) is 5.91 Å². The lowest BCUT2D eigenvalue weighted by atomic mass is 10.2. The fourth-order valence-electron chi connectivity index (χ4n) is 1.53. The normalized spacial score (nSPS) is 13.9. The van der Waals surface area contributed by atoms with E-state index in [0.717, 1.165) is 11.4 Å². The minimum Gasteiger partial charge on any atom is -0.360 e. The standard InChI is InChI=1S/C13H17N3OS/c1-9(17)16(2)12-7-5-11(6-8-12)15-13(18)14-10-3-4-10/h5-8,10H,3-4H2,1-2H3,(H2,14,15,18). The molecule has 1 aliphatic rings. The average molecular weight is 263 g/mol. The zero-order valence-electron chi connectivity index (χ0n) is 10.6. The lowest BCUT2D eigenvalue weighted by molar-refractivity contribution is -0.116. The largest absolute Gasteiger partial charge is 0.360 e. The van der Waals surface area contributed by atoms with Crippen LogP contribution in [0, 0.1) is 0 Å². The Morgan fingerprint density at radius 1 is 1.33 bits per heavy atom. The maximum atomic E-state index is 11.2. The molecule has 0 heterocycles. The van der Waals surface area contributed by atoms with Gasteiger partial charge in [0.15, 0.2) is 5.11 Å². The molecular weight excluding hydrogens is 246 g/mol. The summed E-state index contributed by atoms with van der Waals surface area (Å²) in [6, 6.07) is 8.16. The Kier molecular flexibility index (Phi) is 3.81. The van der Waals surface area contributed by atoms with Gasteiger partial charge in [0, 0.05) is 31.4 Å². The van der Waals surface area contributed by atoms with E-state index in [1.54, 1.807) is 18.9 Å². The molecule has 96 valence electrons. The van der Waals surface area contributed by atoms with Gasteiger partial charge in [0.05, 0.1) is 0 Å². The Labute approximate surface area is 112 Å². The van der Waals surface area contributed by atoms with Gasteiger partial charge in [0.1, 0.15) is 0 Å². The van der Waals surface area contributed by atoms with E-state index in [1.807, 2.05) is 24.3 Å². The van der Waals surface area contributed by atoms with Crippen LogP contribution in [0.3, 0.4) is 0 Å². The molecule has 18 heavy (non-hydrogen) atoms. The quantitative estimate of drug-likeness (QED) is 0.820. The Hall–Kier alpha value is -1.62. The van der Waals surface area contributed by atoms with Crippen molar-refractivity contribution in [1.29, 1.82) is 0 Å². The summed E-state index contributed by atoms with van der Waals surface area (Å²) in [7, 11) is 1.75. The van der Waals surface area contributed by atoms with Gasteiger partial charge in [-0.25, -0.2) is 0 Å².